The lowest BCUT2D eigenvalue weighted by molar-refractivity contribution is -0.122. The summed E-state index contributed by atoms with van der Waals surface area (Å²) in [5, 5.41) is 16.3. The fourth-order valence-corrected chi connectivity index (χ4v) is 3.14. The first-order chi connectivity index (χ1) is 13.1. The highest BCUT2D eigenvalue weighted by Gasteiger charge is 2.17. The van der Waals surface area contributed by atoms with Gasteiger partial charge in [0.1, 0.15) is 6.54 Å². The van der Waals surface area contributed by atoms with Crippen LogP contribution in [-0.4, -0.2) is 50.2 Å². The zero-order chi connectivity index (χ0) is 19.1. The van der Waals surface area contributed by atoms with E-state index in [2.05, 4.69) is 31.6 Å². The molecule has 0 aromatic carbocycles. The number of carbonyl (C=O) groups is 2. The summed E-state index contributed by atoms with van der Waals surface area (Å²) >= 11 is 6.47. The molecule has 27 heavy (non-hydrogen) atoms. The van der Waals surface area contributed by atoms with Crippen molar-refractivity contribution in [3.63, 3.8) is 0 Å². The summed E-state index contributed by atoms with van der Waals surface area (Å²) in [6.45, 7) is 1.67. The summed E-state index contributed by atoms with van der Waals surface area (Å²) in [4.78, 5) is 27.8. The molecular weight excluding hydrogens is 388 g/mol. The number of hydrogen-bond donors (Lipinski definition) is 3. The highest BCUT2D eigenvalue weighted by atomic mass is 32.1. The van der Waals surface area contributed by atoms with Gasteiger partial charge in [0.15, 0.2) is 5.11 Å². The van der Waals surface area contributed by atoms with Gasteiger partial charge in [0, 0.05) is 24.0 Å². The Hall–Kier alpha value is -2.86. The van der Waals surface area contributed by atoms with E-state index in [-0.39, 0.29) is 11.7 Å². The zero-order valence-electron chi connectivity index (χ0n) is 14.3. The number of nitrogens with zero attached hydrogens (tertiary/aromatic N) is 5. The number of aromatic nitrogens is 4. The first kappa shape index (κ1) is 18.9. The maximum Gasteiger partial charge on any atom is 0.266 e. The van der Waals surface area contributed by atoms with Crippen molar-refractivity contribution in [1.82, 2.24) is 36.4 Å². The van der Waals surface area contributed by atoms with Gasteiger partial charge in [-0.2, -0.15) is 4.80 Å². The van der Waals surface area contributed by atoms with Gasteiger partial charge in [-0.1, -0.05) is 11.2 Å². The van der Waals surface area contributed by atoms with Gasteiger partial charge in [0.05, 0.1) is 0 Å². The molecule has 2 aromatic heterocycles. The number of hydrogen-bond acceptors (Lipinski definition) is 8. The maximum atomic E-state index is 11.9. The van der Waals surface area contributed by atoms with E-state index in [0.29, 0.717) is 5.95 Å². The van der Waals surface area contributed by atoms with Crippen LogP contribution in [0.1, 0.15) is 17.7 Å². The van der Waals surface area contributed by atoms with Crippen LogP contribution in [0.2, 0.25) is 0 Å². The van der Waals surface area contributed by atoms with Crippen LogP contribution < -0.4 is 21.1 Å². The first-order valence-electron chi connectivity index (χ1n) is 8.24. The third-order valence-corrected chi connectivity index (χ3v) is 4.65. The molecule has 3 N–H and O–H groups in total. The number of anilines is 1. The fraction of sp³-hybridized carbons (Fsp3) is 0.333. The van der Waals surface area contributed by atoms with Crippen LogP contribution in [-0.2, 0) is 16.1 Å². The second kappa shape index (κ2) is 9.19. The van der Waals surface area contributed by atoms with Crippen molar-refractivity contribution in [2.24, 2.45) is 0 Å². The topological polar surface area (TPSA) is 117 Å². The molecule has 10 nitrogen and oxygen atoms in total. The minimum absolute atomic E-state index is 0.0199. The van der Waals surface area contributed by atoms with Crippen LogP contribution in [0.4, 0.5) is 5.95 Å². The normalized spacial score (nSPS) is 13.7. The van der Waals surface area contributed by atoms with E-state index in [1.54, 1.807) is 6.08 Å². The van der Waals surface area contributed by atoms with Crippen molar-refractivity contribution in [3.05, 3.63) is 28.5 Å². The van der Waals surface area contributed by atoms with E-state index in [9.17, 15) is 9.59 Å². The van der Waals surface area contributed by atoms with Gasteiger partial charge in [0.2, 0.25) is 5.91 Å². The predicted octanol–water partition coefficient (Wildman–Crippen LogP) is 0.0701. The number of thiocarbonyl (C=S) groups is 1. The third-order valence-electron chi connectivity index (χ3n) is 3.61. The number of rotatable bonds is 5. The predicted molar refractivity (Wildman–Crippen MR) is 105 cm³/mol. The number of hydrazine groups is 1. The number of thiophene rings is 1. The van der Waals surface area contributed by atoms with Crippen LogP contribution in [0, 0.1) is 0 Å². The lowest BCUT2D eigenvalue weighted by Gasteiger charge is -2.10. The summed E-state index contributed by atoms with van der Waals surface area (Å²) in [6.07, 6.45) is 5.24. The van der Waals surface area contributed by atoms with Crippen molar-refractivity contribution < 1.29 is 9.59 Å². The van der Waals surface area contributed by atoms with E-state index in [4.69, 9.17) is 12.2 Å². The molecule has 2 aromatic rings. The molecule has 0 spiro atoms. The van der Waals surface area contributed by atoms with Gasteiger partial charge in [-0.25, -0.2) is 0 Å². The Kier molecular flexibility index (Phi) is 6.44. The first-order valence-corrected chi connectivity index (χ1v) is 9.53. The summed E-state index contributed by atoms with van der Waals surface area (Å²) in [7, 11) is 0. The molecule has 3 heterocycles. The number of amides is 2. The minimum atomic E-state index is -0.425. The maximum absolute atomic E-state index is 11.9. The van der Waals surface area contributed by atoms with Gasteiger partial charge in [-0.3, -0.25) is 25.8 Å². The van der Waals surface area contributed by atoms with E-state index in [1.165, 1.54) is 22.2 Å². The van der Waals surface area contributed by atoms with Crippen molar-refractivity contribution in [2.75, 3.05) is 18.0 Å². The van der Waals surface area contributed by atoms with Crippen LogP contribution in [0.15, 0.2) is 23.6 Å². The van der Waals surface area contributed by atoms with Crippen molar-refractivity contribution in [1.29, 1.82) is 0 Å². The highest BCUT2D eigenvalue weighted by molar-refractivity contribution is 7.80. The average molecular weight is 406 g/mol. The standard InChI is InChI=1S/C15H18N8O2S2/c24-12(6-5-11-4-3-9-27-11)16-15(26)19-17-13(25)10-23-20-14(18-21-23)22-7-1-2-8-22/h3-6,9H,1-2,7-8,10H2,(H,17,25)(H2,16,19,24,26)/b6-5+. The Labute approximate surface area is 164 Å². The monoisotopic (exact) mass is 406 g/mol. The summed E-state index contributed by atoms with van der Waals surface area (Å²) in [6, 6.07) is 3.78. The van der Waals surface area contributed by atoms with E-state index in [0.717, 1.165) is 30.8 Å². The van der Waals surface area contributed by atoms with Crippen LogP contribution in [0.3, 0.4) is 0 Å². The fourth-order valence-electron chi connectivity index (χ4n) is 2.37. The van der Waals surface area contributed by atoms with E-state index >= 15 is 0 Å². The smallest absolute Gasteiger partial charge is 0.266 e. The molecule has 2 amide bonds. The van der Waals surface area contributed by atoms with Crippen LogP contribution in [0.25, 0.3) is 6.08 Å². The molecular formula is C15H18N8O2S2. The largest absolute Gasteiger partial charge is 0.338 e. The Balaban J connectivity index is 1.38. The van der Waals surface area contributed by atoms with Gasteiger partial charge < -0.3 is 4.90 Å². The molecule has 1 fully saturated rings. The highest BCUT2D eigenvalue weighted by Crippen LogP contribution is 2.13. The molecule has 12 heteroatoms. The molecule has 1 aliphatic heterocycles. The molecule has 0 atom stereocenters. The zero-order valence-corrected chi connectivity index (χ0v) is 15.9. The summed E-state index contributed by atoms with van der Waals surface area (Å²) < 4.78 is 0. The SMILES string of the molecule is O=C(/C=C/c1cccs1)NC(=S)NNC(=O)Cn1nnc(N2CCCC2)n1. The Morgan fingerprint density at radius 1 is 1.30 bits per heavy atom. The Morgan fingerprint density at radius 2 is 2.11 bits per heavy atom. The third kappa shape index (κ3) is 5.82. The average Bonchev–Trinajstić information content (AvgIpc) is 3.39. The number of nitrogens with one attached hydrogen (secondary N) is 3. The van der Waals surface area contributed by atoms with E-state index < -0.39 is 11.8 Å². The number of carbonyl (C=O) groups excluding carboxylic acids is 2. The van der Waals surface area contributed by atoms with Crippen LogP contribution >= 0.6 is 23.6 Å². The van der Waals surface area contributed by atoms with Gasteiger partial charge in [-0.05, 0) is 47.8 Å². The lowest BCUT2D eigenvalue weighted by atomic mass is 10.4. The molecule has 0 aliphatic carbocycles. The van der Waals surface area contributed by atoms with Crippen molar-refractivity contribution >= 4 is 52.5 Å². The summed E-state index contributed by atoms with van der Waals surface area (Å²) in [5.74, 6) is -0.303. The second-order valence-corrected chi connectivity index (χ2v) is 7.04. The van der Waals surface area contributed by atoms with Crippen molar-refractivity contribution in [3.8, 4) is 0 Å². The molecule has 3 rings (SSSR count). The quantitative estimate of drug-likeness (QED) is 0.363. The van der Waals surface area contributed by atoms with Gasteiger partial charge in [0.25, 0.3) is 11.9 Å². The molecule has 0 unspecified atom stereocenters. The summed E-state index contributed by atoms with van der Waals surface area (Å²) in [5.41, 5.74) is 4.83. The van der Waals surface area contributed by atoms with Gasteiger partial charge in [-0.15, -0.1) is 16.4 Å². The minimum Gasteiger partial charge on any atom is -0.338 e. The second-order valence-electron chi connectivity index (χ2n) is 5.65. The lowest BCUT2D eigenvalue weighted by Crippen LogP contribution is -2.49. The van der Waals surface area contributed by atoms with Crippen LogP contribution in [0.5, 0.6) is 0 Å². The Bertz CT molecular complexity index is 827. The number of tetrazole rings is 1. The molecule has 0 saturated carbocycles. The molecule has 0 radical (unpaired) electrons. The molecule has 1 aliphatic rings. The molecule has 0 bridgehead atoms. The van der Waals surface area contributed by atoms with Crippen molar-refractivity contribution in [2.45, 2.75) is 19.4 Å². The molecule has 1 saturated heterocycles. The molecule has 142 valence electrons. The Morgan fingerprint density at radius 3 is 2.85 bits per heavy atom. The van der Waals surface area contributed by atoms with E-state index in [1.807, 2.05) is 22.4 Å². The van der Waals surface area contributed by atoms with Gasteiger partial charge >= 0.3 is 0 Å².